The minimum atomic E-state index is -6.16. The van der Waals surface area contributed by atoms with Gasteiger partial charge < -0.3 is 5.32 Å². The van der Waals surface area contributed by atoms with Crippen molar-refractivity contribution < 1.29 is 35.1 Å². The Kier molecular flexibility index (Phi) is 2.06. The summed E-state index contributed by atoms with van der Waals surface area (Å²) < 4.78 is 97.6. The van der Waals surface area contributed by atoms with Gasteiger partial charge in [0.05, 0.1) is 0 Å². The molecule has 0 spiro atoms. The first-order valence-electron chi connectivity index (χ1n) is 3.37. The molecule has 1 fully saturated rings. The summed E-state index contributed by atoms with van der Waals surface area (Å²) in [7, 11) is 0. The lowest BCUT2D eigenvalue weighted by Crippen LogP contribution is -2.77. The molecule has 0 unspecified atom stereocenters. The Morgan fingerprint density at radius 2 is 1.27 bits per heavy atom. The van der Waals surface area contributed by atoms with Gasteiger partial charge in [-0.05, 0) is 0 Å². The van der Waals surface area contributed by atoms with Crippen molar-refractivity contribution in [3.8, 4) is 0 Å². The maximum atomic E-state index is 12.5. The topological polar surface area (TPSA) is 12.0 Å². The molecule has 9 heteroatoms. The van der Waals surface area contributed by atoms with E-state index in [1.807, 2.05) is 0 Å². The number of nitrogens with one attached hydrogen (secondary N) is 1. The monoisotopic (exact) mass is 241 g/mol. The van der Waals surface area contributed by atoms with Gasteiger partial charge in [-0.1, -0.05) is 6.58 Å². The van der Waals surface area contributed by atoms with Gasteiger partial charge in [-0.15, -0.1) is 0 Å². The molecule has 0 saturated carbocycles. The zero-order valence-electron chi connectivity index (χ0n) is 6.73. The standard InChI is InChI=1S/C6H3F8N/c1-2-3(4(7,8)9,5(10,11)12)6(13,14)15-2/h15H,1H2. The molecule has 1 rings (SSSR count). The van der Waals surface area contributed by atoms with E-state index in [-0.39, 0.29) is 0 Å². The second kappa shape index (κ2) is 2.56. The lowest BCUT2D eigenvalue weighted by atomic mass is 9.73. The van der Waals surface area contributed by atoms with Crippen LogP contribution in [0.2, 0.25) is 0 Å². The fraction of sp³-hybridized carbons (Fsp3) is 0.667. The lowest BCUT2D eigenvalue weighted by molar-refractivity contribution is -0.417. The zero-order chi connectivity index (χ0) is 12.3. The van der Waals surface area contributed by atoms with Crippen molar-refractivity contribution >= 4 is 0 Å². The van der Waals surface area contributed by atoms with Gasteiger partial charge in [0.15, 0.2) is 0 Å². The van der Waals surface area contributed by atoms with E-state index in [2.05, 4.69) is 6.58 Å². The van der Waals surface area contributed by atoms with Crippen molar-refractivity contribution in [1.82, 2.24) is 5.32 Å². The van der Waals surface area contributed by atoms with E-state index < -0.39 is 29.5 Å². The first kappa shape index (κ1) is 12.1. The SMILES string of the molecule is C=C1NC(F)(F)C1(C(F)(F)F)C(F)(F)F. The van der Waals surface area contributed by atoms with Gasteiger partial charge in [0, 0.05) is 5.70 Å². The predicted octanol–water partition coefficient (Wildman–Crippen LogP) is 2.81. The van der Waals surface area contributed by atoms with Gasteiger partial charge in [0.25, 0.3) is 5.41 Å². The fourth-order valence-corrected chi connectivity index (χ4v) is 1.36. The molecule has 0 bridgehead atoms. The van der Waals surface area contributed by atoms with Crippen LogP contribution >= 0.6 is 0 Å². The van der Waals surface area contributed by atoms with Gasteiger partial charge in [-0.2, -0.15) is 35.1 Å². The molecule has 1 aliphatic rings. The third kappa shape index (κ3) is 1.14. The molecule has 0 amide bonds. The maximum absolute atomic E-state index is 12.5. The summed E-state index contributed by atoms with van der Waals surface area (Å²) in [6.07, 6.45) is -12.3. The average Bonchev–Trinajstić information content (AvgIpc) is 1.74. The molecule has 1 saturated heterocycles. The highest BCUT2D eigenvalue weighted by Gasteiger charge is 2.89. The Bertz CT molecular complexity index is 267. The molecule has 1 heterocycles. The van der Waals surface area contributed by atoms with Crippen LogP contribution < -0.4 is 5.32 Å². The van der Waals surface area contributed by atoms with Crippen LogP contribution in [0, 0.1) is 5.41 Å². The Morgan fingerprint density at radius 1 is 0.933 bits per heavy atom. The summed E-state index contributed by atoms with van der Waals surface area (Å²) >= 11 is 0. The van der Waals surface area contributed by atoms with E-state index in [1.165, 1.54) is 0 Å². The van der Waals surface area contributed by atoms with Crippen molar-refractivity contribution in [2.75, 3.05) is 0 Å². The van der Waals surface area contributed by atoms with E-state index in [0.717, 1.165) is 5.32 Å². The van der Waals surface area contributed by atoms with E-state index in [4.69, 9.17) is 0 Å². The van der Waals surface area contributed by atoms with E-state index >= 15 is 0 Å². The fourth-order valence-electron chi connectivity index (χ4n) is 1.36. The number of halogens is 8. The average molecular weight is 241 g/mol. The van der Waals surface area contributed by atoms with Crippen LogP contribution in [-0.2, 0) is 0 Å². The summed E-state index contributed by atoms with van der Waals surface area (Å²) in [6.45, 7) is 2.31. The van der Waals surface area contributed by atoms with Crippen molar-refractivity contribution in [2.24, 2.45) is 5.41 Å². The summed E-state index contributed by atoms with van der Waals surface area (Å²) in [4.78, 5) is 0. The first-order valence-corrected chi connectivity index (χ1v) is 3.37. The molecule has 0 aromatic carbocycles. The molecule has 0 aliphatic carbocycles. The van der Waals surface area contributed by atoms with Crippen molar-refractivity contribution in [1.29, 1.82) is 0 Å². The Hall–Kier alpha value is -1.02. The number of hydrogen-bond acceptors (Lipinski definition) is 1. The second-order valence-electron chi connectivity index (χ2n) is 2.92. The van der Waals surface area contributed by atoms with Crippen LogP contribution in [0.5, 0.6) is 0 Å². The van der Waals surface area contributed by atoms with E-state index in [9.17, 15) is 35.1 Å². The highest BCUT2D eigenvalue weighted by Crippen LogP contribution is 2.66. The van der Waals surface area contributed by atoms with E-state index in [0.29, 0.717) is 0 Å². The molecular formula is C6H3F8N. The molecular weight excluding hydrogens is 238 g/mol. The van der Waals surface area contributed by atoms with Crippen molar-refractivity contribution in [3.05, 3.63) is 12.3 Å². The highest BCUT2D eigenvalue weighted by atomic mass is 19.4. The Balaban J connectivity index is 3.40. The third-order valence-corrected chi connectivity index (χ3v) is 2.08. The molecule has 1 aliphatic heterocycles. The van der Waals surface area contributed by atoms with Crippen LogP contribution in [0.4, 0.5) is 35.1 Å². The zero-order valence-corrected chi connectivity index (χ0v) is 6.73. The molecule has 0 atom stereocenters. The summed E-state index contributed by atoms with van der Waals surface area (Å²) in [5.74, 6) is 0. The number of hydrogen-bond donors (Lipinski definition) is 1. The van der Waals surface area contributed by atoms with Gasteiger partial charge in [-0.3, -0.25) is 0 Å². The predicted molar refractivity (Wildman–Crippen MR) is 31.8 cm³/mol. The Labute approximate surface area is 77.7 Å². The molecule has 1 nitrogen and oxygen atoms in total. The molecule has 15 heavy (non-hydrogen) atoms. The maximum Gasteiger partial charge on any atom is 0.416 e. The van der Waals surface area contributed by atoms with Crippen LogP contribution in [-0.4, -0.2) is 18.4 Å². The minimum absolute atomic E-state index is 0.718. The smallest absolute Gasteiger partial charge is 0.328 e. The van der Waals surface area contributed by atoms with Crippen LogP contribution in [0.15, 0.2) is 12.3 Å². The van der Waals surface area contributed by atoms with Gasteiger partial charge in [-0.25, -0.2) is 0 Å². The number of rotatable bonds is 0. The largest absolute Gasteiger partial charge is 0.416 e. The minimum Gasteiger partial charge on any atom is -0.328 e. The van der Waals surface area contributed by atoms with Gasteiger partial charge in [0.2, 0.25) is 0 Å². The van der Waals surface area contributed by atoms with Crippen LogP contribution in [0.1, 0.15) is 0 Å². The third-order valence-electron chi connectivity index (χ3n) is 2.08. The first-order chi connectivity index (χ1) is 6.38. The normalized spacial score (nSPS) is 24.4. The molecule has 88 valence electrons. The number of alkyl halides is 8. The van der Waals surface area contributed by atoms with Crippen molar-refractivity contribution in [3.63, 3.8) is 0 Å². The lowest BCUT2D eigenvalue weighted by Gasteiger charge is -2.52. The molecule has 0 radical (unpaired) electrons. The molecule has 0 aromatic heterocycles. The second-order valence-corrected chi connectivity index (χ2v) is 2.92. The van der Waals surface area contributed by atoms with Crippen LogP contribution in [0.3, 0.4) is 0 Å². The van der Waals surface area contributed by atoms with Gasteiger partial charge in [0.1, 0.15) is 0 Å². The summed E-state index contributed by atoms with van der Waals surface area (Å²) in [5.41, 5.74) is -6.99. The van der Waals surface area contributed by atoms with Crippen LogP contribution in [0.25, 0.3) is 0 Å². The van der Waals surface area contributed by atoms with Gasteiger partial charge >= 0.3 is 18.4 Å². The molecule has 1 N–H and O–H groups in total. The van der Waals surface area contributed by atoms with E-state index in [1.54, 1.807) is 0 Å². The Morgan fingerprint density at radius 3 is 1.33 bits per heavy atom. The van der Waals surface area contributed by atoms with Crippen molar-refractivity contribution in [2.45, 2.75) is 18.4 Å². The summed E-state index contributed by atoms with van der Waals surface area (Å²) in [5, 5.41) is 0.718. The molecule has 0 aromatic rings. The summed E-state index contributed by atoms with van der Waals surface area (Å²) in [6, 6.07) is -5.12. The quantitative estimate of drug-likeness (QED) is 0.508. The highest BCUT2D eigenvalue weighted by molar-refractivity contribution is 5.31.